The lowest BCUT2D eigenvalue weighted by Gasteiger charge is -2.31. The highest BCUT2D eigenvalue weighted by Gasteiger charge is 2.25. The number of carbonyl (C=O) groups is 1. The first-order valence-electron chi connectivity index (χ1n) is 6.31. The lowest BCUT2D eigenvalue weighted by atomic mass is 9.97. The summed E-state index contributed by atoms with van der Waals surface area (Å²) >= 11 is 1.46. The molecule has 0 aliphatic carbocycles. The van der Waals surface area contributed by atoms with Crippen molar-refractivity contribution in [2.75, 3.05) is 33.8 Å². The van der Waals surface area contributed by atoms with Gasteiger partial charge in [-0.1, -0.05) is 0 Å². The molecular formula is C13H20N2O2S. The standard InChI is InChI=1S/C13H20N2O2S/c1-14-9-10-3-6-15(7-4-10)13(16)12-11(17-2)5-8-18-12/h5,8,10,14H,3-4,6-7,9H2,1-2H3. The van der Waals surface area contributed by atoms with Gasteiger partial charge in [-0.3, -0.25) is 4.79 Å². The lowest BCUT2D eigenvalue weighted by molar-refractivity contribution is 0.0693. The van der Waals surface area contributed by atoms with Gasteiger partial charge in [0.1, 0.15) is 10.6 Å². The maximum absolute atomic E-state index is 12.3. The van der Waals surface area contributed by atoms with Gasteiger partial charge >= 0.3 is 0 Å². The Labute approximate surface area is 112 Å². The third-order valence-corrected chi connectivity index (χ3v) is 4.32. The van der Waals surface area contributed by atoms with Gasteiger partial charge in [-0.05, 0) is 43.8 Å². The Morgan fingerprint density at radius 1 is 1.56 bits per heavy atom. The van der Waals surface area contributed by atoms with Gasteiger partial charge in [-0.2, -0.15) is 0 Å². The van der Waals surface area contributed by atoms with Crippen LogP contribution in [0.3, 0.4) is 0 Å². The first-order chi connectivity index (χ1) is 8.76. The van der Waals surface area contributed by atoms with Crippen molar-refractivity contribution in [1.29, 1.82) is 0 Å². The van der Waals surface area contributed by atoms with E-state index < -0.39 is 0 Å². The van der Waals surface area contributed by atoms with Crippen LogP contribution in [0.4, 0.5) is 0 Å². The van der Waals surface area contributed by atoms with Gasteiger partial charge in [0.05, 0.1) is 7.11 Å². The van der Waals surface area contributed by atoms with Crippen LogP contribution in [0, 0.1) is 5.92 Å². The monoisotopic (exact) mass is 268 g/mol. The quantitative estimate of drug-likeness (QED) is 0.906. The van der Waals surface area contributed by atoms with E-state index >= 15 is 0 Å². The molecule has 18 heavy (non-hydrogen) atoms. The average molecular weight is 268 g/mol. The van der Waals surface area contributed by atoms with Crippen LogP contribution in [0.1, 0.15) is 22.5 Å². The first-order valence-corrected chi connectivity index (χ1v) is 7.19. The normalized spacial score (nSPS) is 16.9. The summed E-state index contributed by atoms with van der Waals surface area (Å²) in [5.41, 5.74) is 0. The van der Waals surface area contributed by atoms with E-state index in [2.05, 4.69) is 5.32 Å². The number of nitrogens with one attached hydrogen (secondary N) is 1. The molecule has 0 spiro atoms. The molecule has 1 amide bonds. The highest BCUT2D eigenvalue weighted by Crippen LogP contribution is 2.27. The van der Waals surface area contributed by atoms with Crippen LogP contribution in [0.2, 0.25) is 0 Å². The third-order valence-electron chi connectivity index (χ3n) is 3.44. The van der Waals surface area contributed by atoms with E-state index in [1.807, 2.05) is 23.4 Å². The van der Waals surface area contributed by atoms with Gasteiger partial charge < -0.3 is 15.0 Å². The number of likely N-dealkylation sites (tertiary alicyclic amines) is 1. The number of ether oxygens (including phenoxy) is 1. The van der Waals surface area contributed by atoms with E-state index in [-0.39, 0.29) is 5.91 Å². The summed E-state index contributed by atoms with van der Waals surface area (Å²) in [5.74, 6) is 1.51. The summed E-state index contributed by atoms with van der Waals surface area (Å²) in [7, 11) is 3.59. The van der Waals surface area contributed by atoms with E-state index in [1.54, 1.807) is 7.11 Å². The number of piperidine rings is 1. The molecule has 2 heterocycles. The zero-order chi connectivity index (χ0) is 13.0. The molecule has 1 aromatic heterocycles. The minimum atomic E-state index is 0.116. The second-order valence-corrected chi connectivity index (χ2v) is 5.53. The molecule has 2 rings (SSSR count). The Kier molecular flexibility index (Phi) is 4.60. The maximum atomic E-state index is 12.3. The van der Waals surface area contributed by atoms with Crippen LogP contribution in [-0.2, 0) is 0 Å². The number of methoxy groups -OCH3 is 1. The fourth-order valence-electron chi connectivity index (χ4n) is 2.39. The topological polar surface area (TPSA) is 41.6 Å². The van der Waals surface area contributed by atoms with E-state index in [0.29, 0.717) is 11.7 Å². The van der Waals surface area contributed by atoms with Crippen molar-refractivity contribution in [3.8, 4) is 5.75 Å². The van der Waals surface area contributed by atoms with Gasteiger partial charge in [0, 0.05) is 13.1 Å². The fraction of sp³-hybridized carbons (Fsp3) is 0.615. The Hall–Kier alpha value is -1.07. The Balaban J connectivity index is 1.95. The molecule has 1 aliphatic rings. The van der Waals surface area contributed by atoms with Crippen molar-refractivity contribution in [2.45, 2.75) is 12.8 Å². The van der Waals surface area contributed by atoms with E-state index in [9.17, 15) is 4.79 Å². The summed E-state index contributed by atoms with van der Waals surface area (Å²) in [6, 6.07) is 1.85. The predicted molar refractivity (Wildman–Crippen MR) is 73.4 cm³/mol. The summed E-state index contributed by atoms with van der Waals surface area (Å²) in [4.78, 5) is 15.0. The van der Waals surface area contributed by atoms with E-state index in [0.717, 1.165) is 37.4 Å². The summed E-state index contributed by atoms with van der Waals surface area (Å²) in [6.45, 7) is 2.75. The number of hydrogen-bond donors (Lipinski definition) is 1. The number of rotatable bonds is 4. The molecule has 100 valence electrons. The molecule has 1 saturated heterocycles. The van der Waals surface area contributed by atoms with Gasteiger partial charge in [-0.25, -0.2) is 0 Å². The highest BCUT2D eigenvalue weighted by molar-refractivity contribution is 7.12. The molecule has 1 aromatic rings. The van der Waals surface area contributed by atoms with Crippen LogP contribution in [-0.4, -0.2) is 44.6 Å². The molecule has 0 radical (unpaired) electrons. The van der Waals surface area contributed by atoms with Crippen molar-refractivity contribution >= 4 is 17.2 Å². The molecule has 0 unspecified atom stereocenters. The molecule has 0 atom stereocenters. The molecule has 5 heteroatoms. The molecular weight excluding hydrogens is 248 g/mol. The van der Waals surface area contributed by atoms with Gasteiger partial charge in [-0.15, -0.1) is 11.3 Å². The number of nitrogens with zero attached hydrogens (tertiary/aromatic N) is 1. The number of thiophene rings is 1. The molecule has 0 bridgehead atoms. The highest BCUT2D eigenvalue weighted by atomic mass is 32.1. The summed E-state index contributed by atoms with van der Waals surface area (Å²) in [6.07, 6.45) is 2.17. The van der Waals surface area contributed by atoms with Gasteiger partial charge in [0.25, 0.3) is 5.91 Å². The molecule has 1 N–H and O–H groups in total. The molecule has 0 aromatic carbocycles. The SMILES string of the molecule is CNCC1CCN(C(=O)c2sccc2OC)CC1. The van der Waals surface area contributed by atoms with E-state index in [1.165, 1.54) is 11.3 Å². The minimum absolute atomic E-state index is 0.116. The number of hydrogen-bond acceptors (Lipinski definition) is 4. The second kappa shape index (κ2) is 6.20. The largest absolute Gasteiger partial charge is 0.495 e. The fourth-order valence-corrected chi connectivity index (χ4v) is 3.21. The molecule has 0 saturated carbocycles. The van der Waals surface area contributed by atoms with Crippen molar-refractivity contribution in [1.82, 2.24) is 10.2 Å². The second-order valence-electron chi connectivity index (χ2n) is 4.61. The van der Waals surface area contributed by atoms with Crippen molar-refractivity contribution < 1.29 is 9.53 Å². The average Bonchev–Trinajstić information content (AvgIpc) is 2.87. The van der Waals surface area contributed by atoms with E-state index in [4.69, 9.17) is 4.74 Å². The van der Waals surface area contributed by atoms with Crippen LogP contribution in [0.25, 0.3) is 0 Å². The van der Waals surface area contributed by atoms with Crippen LogP contribution in [0.5, 0.6) is 5.75 Å². The maximum Gasteiger partial charge on any atom is 0.267 e. The molecule has 4 nitrogen and oxygen atoms in total. The third kappa shape index (κ3) is 2.84. The lowest BCUT2D eigenvalue weighted by Crippen LogP contribution is -2.40. The predicted octanol–water partition coefficient (Wildman–Crippen LogP) is 1.83. The minimum Gasteiger partial charge on any atom is -0.495 e. The Morgan fingerprint density at radius 3 is 2.89 bits per heavy atom. The number of amides is 1. The van der Waals surface area contributed by atoms with Crippen LogP contribution < -0.4 is 10.1 Å². The van der Waals surface area contributed by atoms with Crippen molar-refractivity contribution in [2.24, 2.45) is 5.92 Å². The van der Waals surface area contributed by atoms with Crippen molar-refractivity contribution in [3.63, 3.8) is 0 Å². The van der Waals surface area contributed by atoms with Crippen LogP contribution in [0.15, 0.2) is 11.4 Å². The zero-order valence-corrected chi connectivity index (χ0v) is 11.8. The van der Waals surface area contributed by atoms with Crippen LogP contribution >= 0.6 is 11.3 Å². The zero-order valence-electron chi connectivity index (χ0n) is 10.9. The van der Waals surface area contributed by atoms with Crippen molar-refractivity contribution in [3.05, 3.63) is 16.3 Å². The Bertz CT molecular complexity index is 397. The summed E-state index contributed by atoms with van der Waals surface area (Å²) < 4.78 is 5.21. The Morgan fingerprint density at radius 2 is 2.28 bits per heavy atom. The smallest absolute Gasteiger partial charge is 0.267 e. The molecule has 1 fully saturated rings. The first kappa shape index (κ1) is 13.4. The summed E-state index contributed by atoms with van der Waals surface area (Å²) in [5, 5.41) is 5.11. The molecule has 1 aliphatic heterocycles. The van der Waals surface area contributed by atoms with Gasteiger partial charge in [0.15, 0.2) is 0 Å². The van der Waals surface area contributed by atoms with Gasteiger partial charge in [0.2, 0.25) is 0 Å². The number of carbonyl (C=O) groups excluding carboxylic acids is 1.